The molecule has 0 saturated carbocycles. The molecule has 0 aromatic heterocycles. The first-order chi connectivity index (χ1) is 8.32. The normalized spacial score (nSPS) is 13.9. The van der Waals surface area contributed by atoms with E-state index in [4.69, 9.17) is 15.9 Å². The second kappa shape index (κ2) is 5.48. The molecule has 0 heterocycles. The van der Waals surface area contributed by atoms with E-state index in [9.17, 15) is 19.8 Å². The lowest BCUT2D eigenvalue weighted by Gasteiger charge is -2.18. The summed E-state index contributed by atoms with van der Waals surface area (Å²) in [6.07, 6.45) is -3.89. The summed E-state index contributed by atoms with van der Waals surface area (Å²) >= 11 is 0. The Kier molecular flexibility index (Phi) is 4.24. The number of hydrogen-bond acceptors (Lipinski definition) is 5. The molecule has 0 aliphatic heterocycles. The summed E-state index contributed by atoms with van der Waals surface area (Å²) in [5, 5.41) is 36.6. The first kappa shape index (κ1) is 13.9. The van der Waals surface area contributed by atoms with E-state index >= 15 is 0 Å². The Bertz CT molecular complexity index is 473. The van der Waals surface area contributed by atoms with E-state index in [1.165, 1.54) is 12.1 Å². The molecule has 0 bridgehead atoms. The molecule has 1 aromatic carbocycles. The standard InChI is InChI=1S/C11H13NO6/c12-5-1-2-6(7(3-5)11(17)18)10(16)8(13)4-9(14)15/h1-3,8,10,13,16H,4,12H2,(H,14,15)(H,17,18). The van der Waals surface area contributed by atoms with Crippen LogP contribution in [-0.4, -0.2) is 38.5 Å². The average molecular weight is 255 g/mol. The maximum absolute atomic E-state index is 11.0. The highest BCUT2D eigenvalue weighted by molar-refractivity contribution is 5.90. The second-order valence-electron chi connectivity index (χ2n) is 3.76. The van der Waals surface area contributed by atoms with Crippen molar-refractivity contribution < 1.29 is 30.0 Å². The van der Waals surface area contributed by atoms with Crippen molar-refractivity contribution in [2.24, 2.45) is 0 Å². The third-order valence-corrected chi connectivity index (χ3v) is 2.37. The number of nitrogens with two attached hydrogens (primary N) is 1. The van der Waals surface area contributed by atoms with Crippen LogP contribution in [-0.2, 0) is 4.79 Å². The van der Waals surface area contributed by atoms with Gasteiger partial charge in [0.1, 0.15) is 6.10 Å². The maximum Gasteiger partial charge on any atom is 0.336 e. The predicted octanol–water partition coefficient (Wildman–Crippen LogP) is -0.164. The zero-order valence-electron chi connectivity index (χ0n) is 9.28. The molecular formula is C11H13NO6. The van der Waals surface area contributed by atoms with Gasteiger partial charge >= 0.3 is 11.9 Å². The van der Waals surface area contributed by atoms with Gasteiger partial charge in [0.05, 0.1) is 18.1 Å². The van der Waals surface area contributed by atoms with Crippen LogP contribution in [0.15, 0.2) is 18.2 Å². The summed E-state index contributed by atoms with van der Waals surface area (Å²) < 4.78 is 0. The Balaban J connectivity index is 3.08. The molecule has 7 nitrogen and oxygen atoms in total. The van der Waals surface area contributed by atoms with Gasteiger partial charge in [-0.15, -0.1) is 0 Å². The molecule has 2 atom stereocenters. The van der Waals surface area contributed by atoms with Gasteiger partial charge in [-0.1, -0.05) is 6.07 Å². The van der Waals surface area contributed by atoms with Crippen LogP contribution in [0.5, 0.6) is 0 Å². The number of carboxylic acids is 2. The van der Waals surface area contributed by atoms with Crippen molar-refractivity contribution in [3.8, 4) is 0 Å². The van der Waals surface area contributed by atoms with E-state index in [1.807, 2.05) is 0 Å². The number of rotatable bonds is 5. The van der Waals surface area contributed by atoms with Crippen LogP contribution in [0.1, 0.15) is 28.4 Å². The van der Waals surface area contributed by atoms with Gasteiger partial charge in [-0.25, -0.2) is 4.79 Å². The average Bonchev–Trinajstić information content (AvgIpc) is 2.26. The summed E-state index contributed by atoms with van der Waals surface area (Å²) in [4.78, 5) is 21.4. The summed E-state index contributed by atoms with van der Waals surface area (Å²) in [5.41, 5.74) is 5.26. The first-order valence-electron chi connectivity index (χ1n) is 5.03. The molecular weight excluding hydrogens is 242 g/mol. The van der Waals surface area contributed by atoms with Gasteiger partial charge < -0.3 is 26.2 Å². The molecule has 0 amide bonds. The Morgan fingerprint density at radius 1 is 1.22 bits per heavy atom. The Labute approximate surface area is 102 Å². The Hall–Kier alpha value is -2.12. The molecule has 6 N–H and O–H groups in total. The summed E-state index contributed by atoms with van der Waals surface area (Å²) in [6.45, 7) is 0. The highest BCUT2D eigenvalue weighted by atomic mass is 16.4. The number of carboxylic acid groups (broad SMARTS) is 2. The van der Waals surface area contributed by atoms with E-state index in [0.717, 1.165) is 6.07 Å². The molecule has 2 unspecified atom stereocenters. The quantitative estimate of drug-likeness (QED) is 0.460. The molecule has 18 heavy (non-hydrogen) atoms. The number of anilines is 1. The van der Waals surface area contributed by atoms with Gasteiger partial charge in [-0.2, -0.15) is 0 Å². The molecule has 0 radical (unpaired) electrons. The minimum absolute atomic E-state index is 0.0783. The highest BCUT2D eigenvalue weighted by Gasteiger charge is 2.25. The maximum atomic E-state index is 11.0. The molecule has 0 aliphatic rings. The number of aliphatic hydroxyl groups is 2. The van der Waals surface area contributed by atoms with E-state index in [-0.39, 0.29) is 16.8 Å². The van der Waals surface area contributed by atoms with Crippen LogP contribution in [0.2, 0.25) is 0 Å². The van der Waals surface area contributed by atoms with Gasteiger partial charge in [0.25, 0.3) is 0 Å². The smallest absolute Gasteiger partial charge is 0.336 e. The summed E-state index contributed by atoms with van der Waals surface area (Å²) in [6, 6.07) is 3.74. The van der Waals surface area contributed by atoms with Crippen molar-refractivity contribution in [1.82, 2.24) is 0 Å². The van der Waals surface area contributed by atoms with E-state index in [1.54, 1.807) is 0 Å². The number of aliphatic hydroxyl groups excluding tert-OH is 2. The molecule has 1 aromatic rings. The fourth-order valence-electron chi connectivity index (χ4n) is 1.51. The van der Waals surface area contributed by atoms with Crippen LogP contribution in [0.4, 0.5) is 5.69 Å². The number of nitrogen functional groups attached to an aromatic ring is 1. The Morgan fingerprint density at radius 3 is 2.33 bits per heavy atom. The van der Waals surface area contributed by atoms with Crippen molar-refractivity contribution >= 4 is 17.6 Å². The number of benzene rings is 1. The fourth-order valence-corrected chi connectivity index (χ4v) is 1.51. The van der Waals surface area contributed by atoms with E-state index in [2.05, 4.69) is 0 Å². The molecule has 0 saturated heterocycles. The lowest BCUT2D eigenvalue weighted by Crippen LogP contribution is -2.23. The zero-order chi connectivity index (χ0) is 13.9. The van der Waals surface area contributed by atoms with Crippen LogP contribution in [0, 0.1) is 0 Å². The van der Waals surface area contributed by atoms with Gasteiger partial charge in [-0.3, -0.25) is 4.79 Å². The van der Waals surface area contributed by atoms with Gasteiger partial charge in [0, 0.05) is 5.69 Å². The van der Waals surface area contributed by atoms with Crippen LogP contribution < -0.4 is 5.73 Å². The van der Waals surface area contributed by atoms with E-state index in [0.29, 0.717) is 0 Å². The number of hydrogen-bond donors (Lipinski definition) is 5. The van der Waals surface area contributed by atoms with Crippen molar-refractivity contribution in [1.29, 1.82) is 0 Å². The number of carbonyl (C=O) groups is 2. The molecule has 1 rings (SSSR count). The molecule has 0 spiro atoms. The lowest BCUT2D eigenvalue weighted by atomic mass is 9.96. The SMILES string of the molecule is Nc1ccc(C(O)C(O)CC(=O)O)c(C(=O)O)c1. The highest BCUT2D eigenvalue weighted by Crippen LogP contribution is 2.24. The van der Waals surface area contributed by atoms with Crippen molar-refractivity contribution in [3.63, 3.8) is 0 Å². The van der Waals surface area contributed by atoms with Crippen molar-refractivity contribution in [2.75, 3.05) is 5.73 Å². The minimum atomic E-state index is -1.60. The van der Waals surface area contributed by atoms with Gasteiger partial charge in [0.15, 0.2) is 0 Å². The summed E-state index contributed by atoms with van der Waals surface area (Å²) in [5.74, 6) is -2.62. The fraction of sp³-hybridized carbons (Fsp3) is 0.273. The third-order valence-electron chi connectivity index (χ3n) is 2.37. The molecule has 0 fully saturated rings. The van der Waals surface area contributed by atoms with Crippen LogP contribution in [0.25, 0.3) is 0 Å². The topological polar surface area (TPSA) is 141 Å². The predicted molar refractivity (Wildman–Crippen MR) is 61.0 cm³/mol. The number of aromatic carboxylic acids is 1. The second-order valence-corrected chi connectivity index (χ2v) is 3.76. The molecule has 7 heteroatoms. The zero-order valence-corrected chi connectivity index (χ0v) is 9.28. The first-order valence-corrected chi connectivity index (χ1v) is 5.03. The largest absolute Gasteiger partial charge is 0.481 e. The number of aliphatic carboxylic acids is 1. The Morgan fingerprint density at radius 2 is 1.83 bits per heavy atom. The molecule has 98 valence electrons. The lowest BCUT2D eigenvalue weighted by molar-refractivity contribution is -0.141. The monoisotopic (exact) mass is 255 g/mol. The van der Waals surface area contributed by atoms with Crippen molar-refractivity contribution in [3.05, 3.63) is 29.3 Å². The van der Waals surface area contributed by atoms with E-state index < -0.39 is 30.6 Å². The van der Waals surface area contributed by atoms with Crippen LogP contribution in [0.3, 0.4) is 0 Å². The summed E-state index contributed by atoms with van der Waals surface area (Å²) in [7, 11) is 0. The van der Waals surface area contributed by atoms with Gasteiger partial charge in [-0.05, 0) is 17.7 Å². The van der Waals surface area contributed by atoms with Crippen LogP contribution >= 0.6 is 0 Å². The third kappa shape index (κ3) is 3.19. The van der Waals surface area contributed by atoms with Gasteiger partial charge in [0.2, 0.25) is 0 Å². The minimum Gasteiger partial charge on any atom is -0.481 e. The molecule has 0 aliphatic carbocycles. The van der Waals surface area contributed by atoms with Crippen molar-refractivity contribution in [2.45, 2.75) is 18.6 Å².